The van der Waals surface area contributed by atoms with Crippen LogP contribution in [0.15, 0.2) is 18.3 Å². The molecule has 1 aliphatic rings. The van der Waals surface area contributed by atoms with E-state index in [1.807, 2.05) is 25.6 Å². The average Bonchev–Trinajstić information content (AvgIpc) is 3.13. The molecule has 0 saturated carbocycles. The van der Waals surface area contributed by atoms with Crippen LogP contribution in [0.5, 0.6) is 0 Å². The van der Waals surface area contributed by atoms with Crippen LogP contribution in [0.1, 0.15) is 77.6 Å². The summed E-state index contributed by atoms with van der Waals surface area (Å²) >= 11 is 3.93. The number of likely N-dealkylation sites (tertiary alicyclic amines) is 1. The number of hydrogen-bond acceptors (Lipinski definition) is 5. The molecule has 0 aliphatic carbocycles. The van der Waals surface area contributed by atoms with Crippen LogP contribution in [0.2, 0.25) is 0 Å². The molecule has 5 heteroatoms. The Bertz CT molecular complexity index is 522. The quantitative estimate of drug-likeness (QED) is 0.482. The second kappa shape index (κ2) is 13.9. The zero-order valence-electron chi connectivity index (χ0n) is 18.9. The van der Waals surface area contributed by atoms with Crippen LogP contribution in [-0.4, -0.2) is 56.7 Å². The van der Waals surface area contributed by atoms with E-state index in [1.54, 1.807) is 0 Å². The third kappa shape index (κ3) is 9.51. The van der Waals surface area contributed by atoms with Crippen LogP contribution < -0.4 is 0 Å². The Morgan fingerprint density at radius 2 is 2.07 bits per heavy atom. The molecule has 2 heterocycles. The molecule has 1 aromatic rings. The molecular formula is C23H42N2OS2. The summed E-state index contributed by atoms with van der Waals surface area (Å²) < 4.78 is 0.306. The molecule has 2 rings (SSSR count). The molecule has 1 aromatic heterocycles. The lowest BCUT2D eigenvalue weighted by Crippen LogP contribution is -2.18. The van der Waals surface area contributed by atoms with Crippen LogP contribution in [0.4, 0.5) is 0 Å². The van der Waals surface area contributed by atoms with Gasteiger partial charge in [0, 0.05) is 39.4 Å². The van der Waals surface area contributed by atoms with E-state index in [-0.39, 0.29) is 6.61 Å². The van der Waals surface area contributed by atoms with Gasteiger partial charge in [-0.05, 0) is 57.3 Å². The van der Waals surface area contributed by atoms with E-state index in [4.69, 9.17) is 10.1 Å². The molecule has 1 aliphatic heterocycles. The van der Waals surface area contributed by atoms with Gasteiger partial charge in [-0.1, -0.05) is 40.7 Å². The molecule has 1 saturated heterocycles. The topological polar surface area (TPSA) is 36.4 Å². The number of thioether (sulfide) groups is 2. The molecule has 1 N–H and O–H groups in total. The number of rotatable bonds is 11. The van der Waals surface area contributed by atoms with Gasteiger partial charge in [-0.25, -0.2) is 0 Å². The fourth-order valence-electron chi connectivity index (χ4n) is 3.52. The molecule has 0 amide bonds. The summed E-state index contributed by atoms with van der Waals surface area (Å²) in [6.07, 6.45) is 8.13. The maximum atomic E-state index is 8.92. The summed E-state index contributed by atoms with van der Waals surface area (Å²) in [6, 6.07) is 5.09. The third-order valence-electron chi connectivity index (χ3n) is 5.17. The molecule has 162 valence electrons. The summed E-state index contributed by atoms with van der Waals surface area (Å²) in [4.78, 5) is 7.17. The Balaban J connectivity index is 0.00000190. The smallest absolute Gasteiger partial charge is 0.0521 e. The summed E-state index contributed by atoms with van der Waals surface area (Å²) in [6.45, 7) is 12.5. The van der Waals surface area contributed by atoms with E-state index in [0.717, 1.165) is 17.9 Å². The first-order chi connectivity index (χ1) is 13.4. The maximum Gasteiger partial charge on any atom is 0.0521 e. The lowest BCUT2D eigenvalue weighted by atomic mass is 10.0. The molecule has 0 radical (unpaired) electrons. The van der Waals surface area contributed by atoms with Crippen LogP contribution in [0.3, 0.4) is 0 Å². The largest absolute Gasteiger partial charge is 0.396 e. The monoisotopic (exact) mass is 426 g/mol. The van der Waals surface area contributed by atoms with Gasteiger partial charge in [0.1, 0.15) is 0 Å². The molecule has 3 nitrogen and oxygen atoms in total. The first-order valence-electron chi connectivity index (χ1n) is 10.9. The summed E-state index contributed by atoms with van der Waals surface area (Å²) in [5.41, 5.74) is 2.60. The fraction of sp³-hybridized carbons (Fsp3) is 0.783. The molecule has 0 bridgehead atoms. The first kappa shape index (κ1) is 25.8. The van der Waals surface area contributed by atoms with E-state index in [0.29, 0.717) is 16.0 Å². The van der Waals surface area contributed by atoms with E-state index in [1.165, 1.54) is 43.5 Å². The van der Waals surface area contributed by atoms with E-state index < -0.39 is 0 Å². The summed E-state index contributed by atoms with van der Waals surface area (Å²) in [7, 11) is 2.22. The van der Waals surface area contributed by atoms with Crippen molar-refractivity contribution >= 4 is 23.5 Å². The third-order valence-corrected chi connectivity index (χ3v) is 8.18. The van der Waals surface area contributed by atoms with Crippen LogP contribution in [-0.2, 0) is 6.42 Å². The van der Waals surface area contributed by atoms with E-state index >= 15 is 0 Å². The normalized spacial score (nSPS) is 18.6. The van der Waals surface area contributed by atoms with Gasteiger partial charge in [-0.3, -0.25) is 9.88 Å². The van der Waals surface area contributed by atoms with Crippen molar-refractivity contribution in [2.75, 3.05) is 31.7 Å². The van der Waals surface area contributed by atoms with Crippen LogP contribution in [0, 0.1) is 0 Å². The Morgan fingerprint density at radius 3 is 2.64 bits per heavy atom. The van der Waals surface area contributed by atoms with Crippen molar-refractivity contribution in [3.05, 3.63) is 29.6 Å². The molecule has 2 unspecified atom stereocenters. The van der Waals surface area contributed by atoms with Gasteiger partial charge in [-0.2, -0.15) is 23.5 Å². The van der Waals surface area contributed by atoms with Crippen molar-refractivity contribution < 1.29 is 5.11 Å². The van der Waals surface area contributed by atoms with Crippen molar-refractivity contribution in [2.45, 2.75) is 82.8 Å². The minimum Gasteiger partial charge on any atom is -0.396 e. The van der Waals surface area contributed by atoms with E-state index in [2.05, 4.69) is 62.8 Å². The second-order valence-corrected chi connectivity index (χ2v) is 11.3. The highest BCUT2D eigenvalue weighted by atomic mass is 32.2. The van der Waals surface area contributed by atoms with Crippen molar-refractivity contribution in [3.63, 3.8) is 0 Å². The Hall–Kier alpha value is -0.230. The summed E-state index contributed by atoms with van der Waals surface area (Å²) in [5, 5.41) is 9.53. The number of hydrogen-bond donors (Lipinski definition) is 1. The lowest BCUT2D eigenvalue weighted by Gasteiger charge is -2.25. The molecule has 2 atom stereocenters. The number of pyridine rings is 1. The first-order valence-corrected chi connectivity index (χ1v) is 13.0. The lowest BCUT2D eigenvalue weighted by molar-refractivity contribution is 0.317. The number of aromatic nitrogens is 1. The zero-order valence-corrected chi connectivity index (χ0v) is 20.5. The predicted octanol–water partition coefficient (Wildman–Crippen LogP) is 5.82. The number of aliphatic hydroxyl groups excluding tert-OH is 1. The maximum absolute atomic E-state index is 8.92. The molecule has 0 spiro atoms. The van der Waals surface area contributed by atoms with Gasteiger partial charge in [-0.15, -0.1) is 0 Å². The number of nitrogens with zero attached hydrogens (tertiary/aromatic N) is 2. The molecule has 28 heavy (non-hydrogen) atoms. The minimum atomic E-state index is 0.284. The predicted molar refractivity (Wildman–Crippen MR) is 129 cm³/mol. The van der Waals surface area contributed by atoms with Crippen molar-refractivity contribution in [3.8, 4) is 0 Å². The average molecular weight is 427 g/mol. The Morgan fingerprint density at radius 1 is 1.32 bits per heavy atom. The zero-order chi connectivity index (χ0) is 21.0. The fourth-order valence-corrected chi connectivity index (χ4v) is 5.60. The molecular weight excluding hydrogens is 384 g/mol. The number of aryl methyl sites for hydroxylation is 1. The van der Waals surface area contributed by atoms with Crippen molar-refractivity contribution in [2.24, 2.45) is 0 Å². The second-order valence-electron chi connectivity index (χ2n) is 8.05. The van der Waals surface area contributed by atoms with Gasteiger partial charge in [0.15, 0.2) is 0 Å². The van der Waals surface area contributed by atoms with E-state index in [9.17, 15) is 0 Å². The standard InChI is InChI=1S/C21H36N2OS2.C2H6/c1-17(25-14-13-24)16-26-21(2,3)11-5-7-19-10-9-18(15-22-19)20-8-6-12-23(20)4;1-2/h9-10,15,17,20,24H,5-8,11-14,16H2,1-4H3;1-2H3. The Labute approximate surface area is 182 Å². The SMILES string of the molecule is CC.CC(CSC(C)(C)CCCc1ccc(C2CCCN2C)cn1)SCCO. The highest BCUT2D eigenvalue weighted by Crippen LogP contribution is 2.33. The summed E-state index contributed by atoms with van der Waals surface area (Å²) in [5.74, 6) is 2.00. The van der Waals surface area contributed by atoms with Gasteiger partial charge in [0.25, 0.3) is 0 Å². The van der Waals surface area contributed by atoms with Crippen LogP contribution >= 0.6 is 23.5 Å². The highest BCUT2D eigenvalue weighted by Gasteiger charge is 2.23. The molecule has 0 aromatic carbocycles. The molecule has 1 fully saturated rings. The minimum absolute atomic E-state index is 0.284. The highest BCUT2D eigenvalue weighted by molar-refractivity contribution is 8.04. The Kier molecular flexibility index (Phi) is 12.8. The van der Waals surface area contributed by atoms with Crippen molar-refractivity contribution in [1.82, 2.24) is 9.88 Å². The van der Waals surface area contributed by atoms with Gasteiger partial charge in [0.2, 0.25) is 0 Å². The van der Waals surface area contributed by atoms with Gasteiger partial charge in [0.05, 0.1) is 6.61 Å². The number of aliphatic hydroxyl groups is 1. The van der Waals surface area contributed by atoms with Crippen LogP contribution in [0.25, 0.3) is 0 Å². The van der Waals surface area contributed by atoms with Gasteiger partial charge < -0.3 is 5.11 Å². The van der Waals surface area contributed by atoms with Gasteiger partial charge >= 0.3 is 0 Å². The van der Waals surface area contributed by atoms with Crippen molar-refractivity contribution in [1.29, 1.82) is 0 Å².